The Morgan fingerprint density at radius 2 is 2.03 bits per heavy atom. The second kappa shape index (κ2) is 11.2. The summed E-state index contributed by atoms with van der Waals surface area (Å²) in [7, 11) is 0. The number of nitrogens with one attached hydrogen (secondary N) is 1. The SMILES string of the molecule is C=C(S/C=C(\C)c1cccc(Br)c1)C1CCN(C(=O)CCCc2nc3ccccc3[nH]2)CC1. The number of piperidine rings is 1. The van der Waals surface area contributed by atoms with E-state index in [1.165, 1.54) is 16.0 Å². The minimum absolute atomic E-state index is 0.258. The zero-order valence-corrected chi connectivity index (χ0v) is 21.4. The number of rotatable bonds is 8. The van der Waals surface area contributed by atoms with Gasteiger partial charge in [-0.2, -0.15) is 0 Å². The number of hydrogen-bond acceptors (Lipinski definition) is 3. The largest absolute Gasteiger partial charge is 0.343 e. The van der Waals surface area contributed by atoms with E-state index in [2.05, 4.69) is 63.0 Å². The number of aryl methyl sites for hydroxylation is 1. The summed E-state index contributed by atoms with van der Waals surface area (Å²) in [4.78, 5) is 23.9. The van der Waals surface area contributed by atoms with Crippen LogP contribution in [-0.4, -0.2) is 33.9 Å². The maximum absolute atomic E-state index is 12.7. The monoisotopic (exact) mass is 523 g/mol. The van der Waals surface area contributed by atoms with Crippen molar-refractivity contribution < 1.29 is 4.79 Å². The van der Waals surface area contributed by atoms with Crippen LogP contribution in [0.2, 0.25) is 0 Å². The second-order valence-corrected chi connectivity index (χ2v) is 10.5. The maximum Gasteiger partial charge on any atom is 0.222 e. The number of thioether (sulfide) groups is 1. The molecule has 1 saturated heterocycles. The lowest BCUT2D eigenvalue weighted by atomic mass is 9.96. The molecule has 4 rings (SSSR count). The van der Waals surface area contributed by atoms with Crippen LogP contribution in [0.3, 0.4) is 0 Å². The van der Waals surface area contributed by atoms with Gasteiger partial charge in [0.25, 0.3) is 0 Å². The number of halogens is 1. The van der Waals surface area contributed by atoms with Crippen molar-refractivity contribution >= 4 is 50.2 Å². The third-order valence-electron chi connectivity index (χ3n) is 6.21. The molecule has 1 fully saturated rings. The van der Waals surface area contributed by atoms with Gasteiger partial charge >= 0.3 is 0 Å². The second-order valence-electron chi connectivity index (χ2n) is 8.60. The summed E-state index contributed by atoms with van der Waals surface area (Å²) in [5.41, 5.74) is 4.49. The number of carbonyl (C=O) groups excluding carboxylic acids is 1. The van der Waals surface area contributed by atoms with Crippen molar-refractivity contribution in [3.8, 4) is 0 Å². The van der Waals surface area contributed by atoms with Crippen molar-refractivity contribution in [1.82, 2.24) is 14.9 Å². The van der Waals surface area contributed by atoms with Crippen molar-refractivity contribution in [3.05, 3.63) is 81.3 Å². The molecule has 0 bridgehead atoms. The van der Waals surface area contributed by atoms with Gasteiger partial charge in [-0.15, -0.1) is 11.8 Å². The molecule has 3 aromatic rings. The average molecular weight is 525 g/mol. The maximum atomic E-state index is 12.7. The number of benzene rings is 2. The van der Waals surface area contributed by atoms with Gasteiger partial charge in [0, 0.05) is 30.4 Å². The van der Waals surface area contributed by atoms with Crippen LogP contribution in [0.1, 0.15) is 44.0 Å². The molecule has 1 amide bonds. The average Bonchev–Trinajstić information content (AvgIpc) is 3.25. The Labute approximate surface area is 208 Å². The van der Waals surface area contributed by atoms with Crippen LogP contribution >= 0.6 is 27.7 Å². The predicted molar refractivity (Wildman–Crippen MR) is 143 cm³/mol. The molecule has 0 saturated carbocycles. The fourth-order valence-electron chi connectivity index (χ4n) is 4.20. The number of para-hydroxylation sites is 2. The van der Waals surface area contributed by atoms with E-state index in [1.807, 2.05) is 35.2 Å². The van der Waals surface area contributed by atoms with Crippen molar-refractivity contribution in [2.24, 2.45) is 5.92 Å². The van der Waals surface area contributed by atoms with Crippen LogP contribution < -0.4 is 0 Å². The Hall–Kier alpha value is -2.31. The Morgan fingerprint density at radius 1 is 1.24 bits per heavy atom. The number of amides is 1. The summed E-state index contributed by atoms with van der Waals surface area (Å²) in [5.74, 6) is 1.68. The number of fused-ring (bicyclic) bond motifs is 1. The number of H-pyrrole nitrogens is 1. The molecule has 1 aliphatic heterocycles. The molecule has 4 nitrogen and oxygen atoms in total. The molecule has 1 aliphatic rings. The first kappa shape index (κ1) is 23.8. The van der Waals surface area contributed by atoms with Crippen LogP contribution in [0.4, 0.5) is 0 Å². The van der Waals surface area contributed by atoms with Crippen molar-refractivity contribution in [2.75, 3.05) is 13.1 Å². The first-order valence-electron chi connectivity index (χ1n) is 11.5. The van der Waals surface area contributed by atoms with Gasteiger partial charge in [-0.3, -0.25) is 4.79 Å². The molecule has 6 heteroatoms. The molecule has 0 spiro atoms. The predicted octanol–water partition coefficient (Wildman–Crippen LogP) is 7.19. The normalized spacial score (nSPS) is 15.2. The van der Waals surface area contributed by atoms with E-state index in [1.54, 1.807) is 11.8 Å². The van der Waals surface area contributed by atoms with Gasteiger partial charge < -0.3 is 9.88 Å². The first-order valence-corrected chi connectivity index (χ1v) is 13.2. The van der Waals surface area contributed by atoms with Crippen molar-refractivity contribution in [1.29, 1.82) is 0 Å². The van der Waals surface area contributed by atoms with E-state index in [4.69, 9.17) is 0 Å². The molecule has 33 heavy (non-hydrogen) atoms. The highest BCUT2D eigenvalue weighted by molar-refractivity contribution is 9.10. The Morgan fingerprint density at radius 3 is 2.79 bits per heavy atom. The number of imidazole rings is 1. The molecule has 0 aliphatic carbocycles. The van der Waals surface area contributed by atoms with E-state index in [0.717, 1.165) is 60.1 Å². The molecule has 2 heterocycles. The van der Waals surface area contributed by atoms with E-state index in [0.29, 0.717) is 12.3 Å². The molecule has 1 N–H and O–H groups in total. The zero-order valence-electron chi connectivity index (χ0n) is 19.0. The molecular formula is C27H30BrN3OS. The smallest absolute Gasteiger partial charge is 0.222 e. The minimum atomic E-state index is 0.258. The number of allylic oxidation sites excluding steroid dienone is 2. The lowest BCUT2D eigenvalue weighted by Gasteiger charge is -2.32. The highest BCUT2D eigenvalue weighted by atomic mass is 79.9. The summed E-state index contributed by atoms with van der Waals surface area (Å²) >= 11 is 5.27. The van der Waals surface area contributed by atoms with E-state index >= 15 is 0 Å². The van der Waals surface area contributed by atoms with E-state index in [9.17, 15) is 4.79 Å². The Balaban J connectivity index is 1.19. The summed E-state index contributed by atoms with van der Waals surface area (Å²) < 4.78 is 1.09. The molecule has 1 aromatic heterocycles. The van der Waals surface area contributed by atoms with Crippen LogP contribution in [0.25, 0.3) is 16.6 Å². The molecule has 0 unspecified atom stereocenters. The highest BCUT2D eigenvalue weighted by Gasteiger charge is 2.24. The Bertz CT molecular complexity index is 1130. The minimum Gasteiger partial charge on any atom is -0.343 e. The number of likely N-dealkylation sites (tertiary alicyclic amines) is 1. The first-order chi connectivity index (χ1) is 16.0. The van der Waals surface area contributed by atoms with Gasteiger partial charge in [-0.1, -0.05) is 46.8 Å². The van der Waals surface area contributed by atoms with Crippen LogP contribution in [0.5, 0.6) is 0 Å². The van der Waals surface area contributed by atoms with Gasteiger partial charge in [0.1, 0.15) is 5.82 Å². The van der Waals surface area contributed by atoms with E-state index < -0.39 is 0 Å². The topological polar surface area (TPSA) is 49.0 Å². The Kier molecular flexibility index (Phi) is 8.10. The third-order valence-corrected chi connectivity index (χ3v) is 7.81. The number of nitrogens with zero attached hydrogens (tertiary/aromatic N) is 2. The lowest BCUT2D eigenvalue weighted by Crippen LogP contribution is -2.38. The van der Waals surface area contributed by atoms with Gasteiger partial charge in [-0.05, 0) is 77.8 Å². The molecule has 0 radical (unpaired) electrons. The fraction of sp³-hybridized carbons (Fsp3) is 0.333. The summed E-state index contributed by atoms with van der Waals surface area (Å²) in [5, 5.41) is 2.19. The summed E-state index contributed by atoms with van der Waals surface area (Å²) in [6, 6.07) is 16.4. The molecule has 172 valence electrons. The summed E-state index contributed by atoms with van der Waals surface area (Å²) in [6.07, 6.45) is 4.18. The third kappa shape index (κ3) is 6.39. The van der Waals surface area contributed by atoms with E-state index in [-0.39, 0.29) is 5.91 Å². The lowest BCUT2D eigenvalue weighted by molar-refractivity contribution is -0.132. The molecule has 0 atom stereocenters. The summed E-state index contributed by atoms with van der Waals surface area (Å²) in [6.45, 7) is 8.10. The van der Waals surface area contributed by atoms with Crippen molar-refractivity contribution in [3.63, 3.8) is 0 Å². The van der Waals surface area contributed by atoms with Crippen molar-refractivity contribution in [2.45, 2.75) is 39.0 Å². The zero-order chi connectivity index (χ0) is 23.2. The van der Waals surface area contributed by atoms with Gasteiger partial charge in [0.15, 0.2) is 0 Å². The quantitative estimate of drug-likeness (QED) is 0.339. The number of aromatic nitrogens is 2. The number of carbonyl (C=O) groups is 1. The van der Waals surface area contributed by atoms with Crippen LogP contribution in [0, 0.1) is 5.92 Å². The molecule has 2 aromatic carbocycles. The molecular weight excluding hydrogens is 494 g/mol. The van der Waals surface area contributed by atoms with Gasteiger partial charge in [0.2, 0.25) is 5.91 Å². The van der Waals surface area contributed by atoms with Gasteiger partial charge in [-0.25, -0.2) is 4.98 Å². The number of aromatic amines is 1. The highest BCUT2D eigenvalue weighted by Crippen LogP contribution is 2.34. The standard InChI is InChI=1S/C27H30BrN3OS/c1-19(22-7-5-8-23(28)17-22)18-33-20(2)21-13-15-31(16-14-21)27(32)12-6-11-26-29-24-9-3-4-10-25(24)30-26/h3-5,7-10,17-18,21H,2,6,11-16H2,1H3,(H,29,30)/b19-18+. The van der Waals surface area contributed by atoms with Crippen LogP contribution in [-0.2, 0) is 11.2 Å². The van der Waals surface area contributed by atoms with Crippen LogP contribution in [0.15, 0.2) is 69.9 Å². The van der Waals surface area contributed by atoms with Gasteiger partial charge in [0.05, 0.1) is 11.0 Å². The number of hydrogen-bond donors (Lipinski definition) is 1. The fourth-order valence-corrected chi connectivity index (χ4v) is 5.49.